The Labute approximate surface area is 213 Å². The molecule has 2 aromatic rings. The summed E-state index contributed by atoms with van der Waals surface area (Å²) in [5, 5.41) is 2.81. The van der Waals surface area contributed by atoms with Crippen LogP contribution in [0.5, 0.6) is 0 Å². The van der Waals surface area contributed by atoms with E-state index in [2.05, 4.69) is 21.2 Å². The zero-order chi connectivity index (χ0) is 26.3. The third-order valence-electron chi connectivity index (χ3n) is 7.35. The minimum Gasteiger partial charge on any atom is -0.356 e. The second-order valence-electron chi connectivity index (χ2n) is 9.28. The smallest absolute Gasteiger partial charge is 0.356 e. The van der Waals surface area contributed by atoms with Crippen LogP contribution in [0, 0.1) is 17.0 Å². The van der Waals surface area contributed by atoms with Gasteiger partial charge in [0.05, 0.1) is 0 Å². The molecule has 11 heteroatoms. The summed E-state index contributed by atoms with van der Waals surface area (Å²) in [6.45, 7) is 0.198. The minimum absolute atomic E-state index is 0.0314. The molecular weight excluding hydrogens is 551 g/mol. The molecule has 2 atom stereocenters. The Hall–Kier alpha value is -2.53. The van der Waals surface area contributed by atoms with Crippen molar-refractivity contribution in [3.05, 3.63) is 69.7 Å². The second-order valence-corrected chi connectivity index (χ2v) is 10.2. The lowest BCUT2D eigenvalue weighted by atomic mass is 9.62. The number of alkyl halides is 3. The summed E-state index contributed by atoms with van der Waals surface area (Å²) >= 11 is 2.98. The summed E-state index contributed by atoms with van der Waals surface area (Å²) in [6.07, 6.45) is -4.51. The van der Waals surface area contributed by atoms with Gasteiger partial charge in [0.1, 0.15) is 11.6 Å². The Morgan fingerprint density at radius 3 is 2.28 bits per heavy atom. The van der Waals surface area contributed by atoms with E-state index in [1.807, 2.05) is 0 Å². The molecular formula is C25H24BrF5N2O3. The molecule has 0 unspecified atom stereocenters. The van der Waals surface area contributed by atoms with Crippen LogP contribution in [0.3, 0.4) is 0 Å². The van der Waals surface area contributed by atoms with Gasteiger partial charge >= 0.3 is 6.18 Å². The highest BCUT2D eigenvalue weighted by Crippen LogP contribution is 2.50. The Morgan fingerprint density at radius 2 is 1.72 bits per heavy atom. The number of piperidine rings is 2. The molecule has 2 aromatic carbocycles. The maximum atomic E-state index is 14.5. The molecule has 0 aromatic heterocycles. The Kier molecular flexibility index (Phi) is 7.18. The van der Waals surface area contributed by atoms with Gasteiger partial charge in [0, 0.05) is 49.1 Å². The molecule has 2 aliphatic heterocycles. The van der Waals surface area contributed by atoms with Crippen molar-refractivity contribution in [3.63, 3.8) is 0 Å². The van der Waals surface area contributed by atoms with E-state index in [1.165, 1.54) is 12.1 Å². The number of carbonyl (C=O) groups is 2. The number of ether oxygens (including phenoxy) is 1. The molecule has 2 amide bonds. The van der Waals surface area contributed by atoms with E-state index in [0.717, 1.165) is 29.7 Å². The third-order valence-corrected chi connectivity index (χ3v) is 7.81. The van der Waals surface area contributed by atoms with Crippen LogP contribution < -0.4 is 5.32 Å². The summed E-state index contributed by atoms with van der Waals surface area (Å²) in [7, 11) is 0.770. The van der Waals surface area contributed by atoms with Crippen LogP contribution in [0.15, 0.2) is 46.9 Å². The Bertz CT molecular complexity index is 1130. The normalized spacial score (nSPS) is 21.7. The number of rotatable bonds is 4. The Morgan fingerprint density at radius 1 is 1.08 bits per heavy atom. The molecule has 1 spiro atoms. The first-order chi connectivity index (χ1) is 16.9. The fourth-order valence-electron chi connectivity index (χ4n) is 5.49. The van der Waals surface area contributed by atoms with E-state index in [9.17, 15) is 31.5 Å². The number of hydrogen-bond donors (Lipinski definition) is 1. The van der Waals surface area contributed by atoms with Crippen molar-refractivity contribution in [1.29, 1.82) is 0 Å². The number of nitrogens with one attached hydrogen (secondary N) is 1. The van der Waals surface area contributed by atoms with Crippen molar-refractivity contribution in [1.82, 2.24) is 10.2 Å². The summed E-state index contributed by atoms with van der Waals surface area (Å²) < 4.78 is 75.8. The lowest BCUT2D eigenvalue weighted by Gasteiger charge is -2.50. The van der Waals surface area contributed by atoms with E-state index < -0.39 is 40.3 Å². The first-order valence-corrected chi connectivity index (χ1v) is 12.1. The van der Waals surface area contributed by atoms with Crippen molar-refractivity contribution < 1.29 is 36.3 Å². The van der Waals surface area contributed by atoms with Crippen LogP contribution in [0.1, 0.15) is 36.3 Å². The van der Waals surface area contributed by atoms with Gasteiger partial charge in [-0.15, -0.1) is 0 Å². The topological polar surface area (TPSA) is 58.6 Å². The van der Waals surface area contributed by atoms with Gasteiger partial charge in [-0.1, -0.05) is 28.1 Å². The minimum atomic E-state index is -5.18. The van der Waals surface area contributed by atoms with Crippen LogP contribution in [0.4, 0.5) is 22.0 Å². The van der Waals surface area contributed by atoms with Crippen LogP contribution >= 0.6 is 15.9 Å². The van der Waals surface area contributed by atoms with Crippen molar-refractivity contribution in [2.75, 3.05) is 26.7 Å². The molecule has 0 aliphatic carbocycles. The highest BCUT2D eigenvalue weighted by molar-refractivity contribution is 9.10. The van der Waals surface area contributed by atoms with Crippen LogP contribution in [0.25, 0.3) is 0 Å². The van der Waals surface area contributed by atoms with Gasteiger partial charge in [-0.3, -0.25) is 9.59 Å². The number of methoxy groups -OCH3 is 1. The predicted octanol–water partition coefficient (Wildman–Crippen LogP) is 5.04. The van der Waals surface area contributed by atoms with E-state index in [0.29, 0.717) is 12.6 Å². The van der Waals surface area contributed by atoms with Crippen molar-refractivity contribution in [2.24, 2.45) is 5.41 Å². The molecule has 2 aliphatic rings. The van der Waals surface area contributed by atoms with Crippen LogP contribution in [-0.2, 0) is 19.9 Å². The predicted molar refractivity (Wildman–Crippen MR) is 124 cm³/mol. The van der Waals surface area contributed by atoms with Gasteiger partial charge in [-0.05, 0) is 54.2 Å². The number of benzene rings is 2. The fraction of sp³-hybridized carbons (Fsp3) is 0.440. The van der Waals surface area contributed by atoms with Gasteiger partial charge in [-0.2, -0.15) is 13.2 Å². The van der Waals surface area contributed by atoms with Gasteiger partial charge in [0.2, 0.25) is 5.91 Å². The number of halogens is 6. The number of hydrogen-bond acceptors (Lipinski definition) is 3. The lowest BCUT2D eigenvalue weighted by Crippen LogP contribution is -2.60. The number of nitrogens with zero attached hydrogens (tertiary/aromatic N) is 1. The number of likely N-dealkylation sites (tertiary alicyclic amines) is 1. The van der Waals surface area contributed by atoms with Gasteiger partial charge < -0.3 is 15.0 Å². The van der Waals surface area contributed by atoms with Crippen molar-refractivity contribution >= 4 is 27.7 Å². The summed E-state index contributed by atoms with van der Waals surface area (Å²) in [6, 6.07) is 8.56. The molecule has 2 heterocycles. The molecule has 194 valence electrons. The van der Waals surface area contributed by atoms with Gasteiger partial charge in [0.15, 0.2) is 0 Å². The van der Waals surface area contributed by atoms with Crippen molar-refractivity contribution in [2.45, 2.75) is 37.0 Å². The van der Waals surface area contributed by atoms with Crippen LogP contribution in [-0.4, -0.2) is 49.6 Å². The largest absolute Gasteiger partial charge is 0.430 e. The molecule has 36 heavy (non-hydrogen) atoms. The van der Waals surface area contributed by atoms with E-state index in [1.54, 1.807) is 12.1 Å². The Balaban J connectivity index is 1.64. The zero-order valence-corrected chi connectivity index (χ0v) is 20.9. The zero-order valence-electron chi connectivity index (χ0n) is 19.3. The highest BCUT2D eigenvalue weighted by Gasteiger charge is 2.64. The monoisotopic (exact) mass is 574 g/mol. The first kappa shape index (κ1) is 26.5. The first-order valence-electron chi connectivity index (χ1n) is 11.3. The molecule has 5 nitrogen and oxygen atoms in total. The average Bonchev–Trinajstić information content (AvgIpc) is 2.80. The summed E-state index contributed by atoms with van der Waals surface area (Å²) in [5.41, 5.74) is -3.87. The fourth-order valence-corrected chi connectivity index (χ4v) is 5.96. The summed E-state index contributed by atoms with van der Waals surface area (Å²) in [5.74, 6) is -3.07. The molecule has 4 rings (SSSR count). The SMILES string of the molecule is CO[C@@](C(=O)N1CCC2(CC1)CC(=O)NC[C@H]2c1ccc(F)cc1)(c1cc(F)cc(Br)c1)C(F)(F)F. The highest BCUT2D eigenvalue weighted by atomic mass is 79.9. The average molecular weight is 575 g/mol. The molecule has 2 saturated heterocycles. The second kappa shape index (κ2) is 9.74. The number of amides is 2. The third kappa shape index (κ3) is 4.63. The van der Waals surface area contributed by atoms with E-state index >= 15 is 0 Å². The van der Waals surface area contributed by atoms with Gasteiger partial charge in [0.25, 0.3) is 11.5 Å². The van der Waals surface area contributed by atoms with Crippen LogP contribution in [0.2, 0.25) is 0 Å². The molecule has 0 bridgehead atoms. The summed E-state index contributed by atoms with van der Waals surface area (Å²) in [4.78, 5) is 26.8. The maximum absolute atomic E-state index is 14.5. The molecule has 2 fully saturated rings. The molecule has 0 saturated carbocycles. The van der Waals surface area contributed by atoms with E-state index in [4.69, 9.17) is 4.74 Å². The molecule has 1 N–H and O–H groups in total. The quantitative estimate of drug-likeness (QED) is 0.520. The van der Waals surface area contributed by atoms with Crippen molar-refractivity contribution in [3.8, 4) is 0 Å². The molecule has 0 radical (unpaired) electrons. The standard InChI is InChI=1S/C25H24BrF5N2O3/c1-36-24(25(29,30)31,16-10-17(26)12-19(28)11-16)22(35)33-8-6-23(7-9-33)13-21(34)32-14-20(23)15-2-4-18(27)5-3-15/h2-5,10-12,20H,6-9,13-14H2,1H3,(H,32,34)/t20-,24+/m0/s1. The number of carbonyl (C=O) groups excluding carboxylic acids is 2. The maximum Gasteiger partial charge on any atom is 0.430 e. The van der Waals surface area contributed by atoms with E-state index in [-0.39, 0.29) is 48.6 Å². The lowest BCUT2D eigenvalue weighted by molar-refractivity contribution is -0.271. The van der Waals surface area contributed by atoms with Gasteiger partial charge in [-0.25, -0.2) is 8.78 Å².